The maximum atomic E-state index is 13.0. The normalized spacial score (nSPS) is 13.9. The van der Waals surface area contributed by atoms with Crippen LogP contribution in [0.2, 0.25) is 0 Å². The molecule has 0 heterocycles. The van der Waals surface area contributed by atoms with Crippen LogP contribution in [0.4, 0.5) is 0 Å². The summed E-state index contributed by atoms with van der Waals surface area (Å²) >= 11 is 1.44. The van der Waals surface area contributed by atoms with Gasteiger partial charge in [-0.2, -0.15) is 11.8 Å². The minimum Gasteiger partial charge on any atom is -0.508 e. The Labute approximate surface area is 220 Å². The van der Waals surface area contributed by atoms with Crippen LogP contribution in [0.15, 0.2) is 29.3 Å². The van der Waals surface area contributed by atoms with Gasteiger partial charge in [0.1, 0.15) is 23.9 Å². The Kier molecular flexibility index (Phi) is 13.9. The zero-order valence-corrected chi connectivity index (χ0v) is 21.8. The second-order valence-corrected chi connectivity index (χ2v) is 9.38. The van der Waals surface area contributed by atoms with Crippen LogP contribution in [-0.2, 0) is 25.6 Å². The van der Waals surface area contributed by atoms with Crippen molar-refractivity contribution in [3.8, 4) is 5.75 Å². The average molecular weight is 540 g/mol. The lowest BCUT2D eigenvalue weighted by Gasteiger charge is -2.24. The summed E-state index contributed by atoms with van der Waals surface area (Å²) in [5, 5.41) is 26.5. The van der Waals surface area contributed by atoms with Gasteiger partial charge in [-0.25, -0.2) is 4.79 Å². The lowest BCUT2D eigenvalue weighted by Crippen LogP contribution is -2.57. The molecule has 0 saturated heterocycles. The van der Waals surface area contributed by atoms with E-state index < -0.39 is 47.9 Å². The van der Waals surface area contributed by atoms with Gasteiger partial charge in [0, 0.05) is 13.0 Å². The Bertz CT molecular complexity index is 940. The fourth-order valence-corrected chi connectivity index (χ4v) is 3.65. The molecule has 0 spiro atoms. The number of benzene rings is 1. The van der Waals surface area contributed by atoms with Gasteiger partial charge in [-0.15, -0.1) is 0 Å². The molecule has 3 amide bonds. The van der Waals surface area contributed by atoms with Crippen molar-refractivity contribution in [1.29, 1.82) is 0 Å². The van der Waals surface area contributed by atoms with Crippen molar-refractivity contribution in [2.45, 2.75) is 56.8 Å². The van der Waals surface area contributed by atoms with E-state index in [1.807, 2.05) is 6.26 Å². The third kappa shape index (κ3) is 12.3. The van der Waals surface area contributed by atoms with Crippen LogP contribution >= 0.6 is 11.8 Å². The lowest BCUT2D eigenvalue weighted by molar-refractivity contribution is -0.142. The number of phenols is 1. The number of aliphatic carboxylic acids is 1. The monoisotopic (exact) mass is 539 g/mol. The smallest absolute Gasteiger partial charge is 0.326 e. The summed E-state index contributed by atoms with van der Waals surface area (Å²) in [6, 6.07) is 1.83. The van der Waals surface area contributed by atoms with Gasteiger partial charge in [-0.3, -0.25) is 19.4 Å². The molecule has 0 fully saturated rings. The van der Waals surface area contributed by atoms with Gasteiger partial charge in [0.15, 0.2) is 5.96 Å². The SMILES string of the molecule is CSCCC(NC(=O)C(Cc1ccc(O)cc1)NC(=O)C(C)NC(=O)C(N)CCCN=C(N)N)C(=O)O. The van der Waals surface area contributed by atoms with Crippen LogP contribution in [-0.4, -0.2) is 82.6 Å². The predicted molar refractivity (Wildman–Crippen MR) is 142 cm³/mol. The largest absolute Gasteiger partial charge is 0.508 e. The summed E-state index contributed by atoms with van der Waals surface area (Å²) in [4.78, 5) is 53.6. The molecule has 0 bridgehead atoms. The second kappa shape index (κ2) is 16.3. The van der Waals surface area contributed by atoms with Gasteiger partial charge in [0.25, 0.3) is 0 Å². The number of amides is 3. The number of aromatic hydroxyl groups is 1. The molecule has 1 aromatic carbocycles. The Morgan fingerprint density at radius 2 is 1.59 bits per heavy atom. The van der Waals surface area contributed by atoms with Gasteiger partial charge >= 0.3 is 5.97 Å². The number of guanidine groups is 1. The molecule has 0 aromatic heterocycles. The predicted octanol–water partition coefficient (Wildman–Crippen LogP) is -1.37. The van der Waals surface area contributed by atoms with Gasteiger partial charge < -0.3 is 43.4 Å². The van der Waals surface area contributed by atoms with E-state index in [2.05, 4.69) is 20.9 Å². The van der Waals surface area contributed by atoms with Crippen molar-refractivity contribution in [3.63, 3.8) is 0 Å². The third-order valence-corrected chi connectivity index (χ3v) is 5.93. The molecule has 4 unspecified atom stereocenters. The van der Waals surface area contributed by atoms with E-state index in [9.17, 15) is 29.4 Å². The molecule has 206 valence electrons. The van der Waals surface area contributed by atoms with Gasteiger partial charge in [-0.05, 0) is 55.9 Å². The number of nitrogens with one attached hydrogen (secondary N) is 3. The first-order valence-electron chi connectivity index (χ1n) is 11.7. The number of rotatable bonds is 16. The fourth-order valence-electron chi connectivity index (χ4n) is 3.18. The van der Waals surface area contributed by atoms with E-state index in [1.165, 1.54) is 30.8 Å². The Morgan fingerprint density at radius 1 is 0.973 bits per heavy atom. The summed E-state index contributed by atoms with van der Waals surface area (Å²) in [5.74, 6) is -2.61. The highest BCUT2D eigenvalue weighted by atomic mass is 32.2. The first-order chi connectivity index (χ1) is 17.4. The Morgan fingerprint density at radius 3 is 2.16 bits per heavy atom. The number of carbonyl (C=O) groups is 4. The number of carbonyl (C=O) groups excluding carboxylic acids is 3. The lowest BCUT2D eigenvalue weighted by atomic mass is 10.0. The number of aliphatic imine (C=N–C) groups is 1. The van der Waals surface area contributed by atoms with Gasteiger partial charge in [-0.1, -0.05) is 12.1 Å². The molecule has 11 N–H and O–H groups in total. The van der Waals surface area contributed by atoms with E-state index in [0.29, 0.717) is 24.3 Å². The number of thioether (sulfide) groups is 1. The molecule has 14 heteroatoms. The standard InChI is InChI=1S/C23H37N7O6S/c1-13(28-20(33)16(24)4-3-10-27-23(25)26)19(32)30-18(12-14-5-7-15(31)8-6-14)21(34)29-17(22(35)36)9-11-37-2/h5-8,13,16-18,31H,3-4,9-12,24H2,1-2H3,(H,28,33)(H,29,34)(H,30,32)(H,35,36)(H4,25,26,27). The molecular weight excluding hydrogens is 502 g/mol. The molecule has 0 saturated carbocycles. The summed E-state index contributed by atoms with van der Waals surface area (Å²) in [5.41, 5.74) is 17.0. The quantitative estimate of drug-likeness (QED) is 0.0696. The number of nitrogens with zero attached hydrogens (tertiary/aromatic N) is 1. The molecule has 0 aliphatic carbocycles. The van der Waals surface area contributed by atoms with Crippen molar-refractivity contribution in [1.82, 2.24) is 16.0 Å². The van der Waals surface area contributed by atoms with Crippen molar-refractivity contribution in [2.75, 3.05) is 18.6 Å². The highest BCUT2D eigenvalue weighted by Gasteiger charge is 2.29. The van der Waals surface area contributed by atoms with E-state index >= 15 is 0 Å². The summed E-state index contributed by atoms with van der Waals surface area (Å²) in [6.07, 6.45) is 2.80. The maximum absolute atomic E-state index is 13.0. The van der Waals surface area contributed by atoms with Gasteiger partial charge in [0.05, 0.1) is 6.04 Å². The molecule has 4 atom stereocenters. The highest BCUT2D eigenvalue weighted by molar-refractivity contribution is 7.98. The minimum atomic E-state index is -1.19. The number of hydrogen-bond acceptors (Lipinski definition) is 8. The highest BCUT2D eigenvalue weighted by Crippen LogP contribution is 2.12. The number of hydrogen-bond donors (Lipinski definition) is 8. The minimum absolute atomic E-state index is 0.0255. The van der Waals surface area contributed by atoms with Crippen LogP contribution in [0.3, 0.4) is 0 Å². The van der Waals surface area contributed by atoms with E-state index in [4.69, 9.17) is 17.2 Å². The molecule has 37 heavy (non-hydrogen) atoms. The second-order valence-electron chi connectivity index (χ2n) is 8.40. The fraction of sp³-hybridized carbons (Fsp3) is 0.522. The van der Waals surface area contributed by atoms with Crippen LogP contribution in [0.1, 0.15) is 31.7 Å². The molecule has 1 aromatic rings. The van der Waals surface area contributed by atoms with Crippen molar-refractivity contribution in [3.05, 3.63) is 29.8 Å². The molecule has 13 nitrogen and oxygen atoms in total. The molecule has 0 aliphatic heterocycles. The van der Waals surface area contributed by atoms with Crippen molar-refractivity contribution in [2.24, 2.45) is 22.2 Å². The first-order valence-corrected chi connectivity index (χ1v) is 13.1. The zero-order chi connectivity index (χ0) is 28.0. The molecule has 1 rings (SSSR count). The van der Waals surface area contributed by atoms with Crippen molar-refractivity contribution >= 4 is 41.4 Å². The van der Waals surface area contributed by atoms with E-state index in [0.717, 1.165) is 0 Å². The van der Waals surface area contributed by atoms with Crippen molar-refractivity contribution < 1.29 is 29.4 Å². The number of phenolic OH excluding ortho intramolecular Hbond substituents is 1. The number of carboxylic acids is 1. The maximum Gasteiger partial charge on any atom is 0.326 e. The van der Waals surface area contributed by atoms with Crippen LogP contribution in [0, 0.1) is 0 Å². The Hall–Kier alpha value is -3.52. The van der Waals surface area contributed by atoms with Gasteiger partial charge in [0.2, 0.25) is 17.7 Å². The number of carboxylic acid groups (broad SMARTS) is 1. The van der Waals surface area contributed by atoms with E-state index in [1.54, 1.807) is 12.1 Å². The van der Waals surface area contributed by atoms with E-state index in [-0.39, 0.29) is 31.0 Å². The topological polar surface area (TPSA) is 235 Å². The number of nitrogens with two attached hydrogens (primary N) is 3. The Balaban J connectivity index is 2.86. The summed E-state index contributed by atoms with van der Waals surface area (Å²) in [7, 11) is 0. The van der Waals surface area contributed by atoms with Crippen LogP contribution < -0.4 is 33.2 Å². The third-order valence-electron chi connectivity index (χ3n) is 5.29. The molecular formula is C23H37N7O6S. The van der Waals surface area contributed by atoms with Crippen LogP contribution in [0.25, 0.3) is 0 Å². The molecule has 0 radical (unpaired) electrons. The summed E-state index contributed by atoms with van der Waals surface area (Å²) < 4.78 is 0. The zero-order valence-electron chi connectivity index (χ0n) is 21.0. The molecule has 0 aliphatic rings. The summed E-state index contributed by atoms with van der Waals surface area (Å²) in [6.45, 7) is 1.75. The van der Waals surface area contributed by atoms with Crippen LogP contribution in [0.5, 0.6) is 5.75 Å². The average Bonchev–Trinajstić information content (AvgIpc) is 2.84. The first kappa shape index (κ1) is 31.5.